The molecule has 0 radical (unpaired) electrons. The number of fused-ring (bicyclic) bond motifs is 1. The van der Waals surface area contributed by atoms with Crippen LogP contribution in [0.25, 0.3) is 0 Å². The molecule has 29 heavy (non-hydrogen) atoms. The predicted molar refractivity (Wildman–Crippen MR) is 105 cm³/mol. The lowest BCUT2D eigenvalue weighted by Crippen LogP contribution is -2.52. The molecule has 1 amide bonds. The monoisotopic (exact) mass is 391 g/mol. The van der Waals surface area contributed by atoms with Gasteiger partial charge < -0.3 is 10.0 Å². The molecule has 1 aliphatic carbocycles. The minimum Gasteiger partial charge on any atom is -0.393 e. The van der Waals surface area contributed by atoms with Gasteiger partial charge in [-0.2, -0.15) is 5.10 Å². The number of rotatable bonds is 3. The van der Waals surface area contributed by atoms with Crippen LogP contribution in [0.3, 0.4) is 0 Å². The van der Waals surface area contributed by atoms with E-state index in [4.69, 9.17) is 0 Å². The van der Waals surface area contributed by atoms with E-state index in [9.17, 15) is 9.90 Å². The van der Waals surface area contributed by atoms with Gasteiger partial charge in [-0.15, -0.1) is 0 Å². The second kappa shape index (κ2) is 7.25. The Hall–Kier alpha value is -3.33. The van der Waals surface area contributed by atoms with Gasteiger partial charge in [0, 0.05) is 18.4 Å². The zero-order valence-electron chi connectivity index (χ0n) is 15.7. The maximum absolute atomic E-state index is 13.8. The quantitative estimate of drug-likeness (QED) is 0.703. The summed E-state index contributed by atoms with van der Waals surface area (Å²) in [4.78, 5) is 30.8. The molecule has 1 aliphatic heterocycles. The first-order chi connectivity index (χ1) is 14.2. The third-order valence-electron chi connectivity index (χ3n) is 5.60. The van der Waals surface area contributed by atoms with E-state index in [2.05, 4.69) is 25.1 Å². The number of anilines is 3. The molecule has 1 unspecified atom stereocenters. The minimum absolute atomic E-state index is 0.0409. The van der Waals surface area contributed by atoms with Gasteiger partial charge in [0.1, 0.15) is 6.33 Å². The van der Waals surface area contributed by atoms with Crippen molar-refractivity contribution in [3.05, 3.63) is 54.9 Å². The van der Waals surface area contributed by atoms with Crippen LogP contribution in [0.5, 0.6) is 0 Å². The van der Waals surface area contributed by atoms with Crippen LogP contribution in [0.1, 0.15) is 37.5 Å². The van der Waals surface area contributed by atoms with Crippen LogP contribution >= 0.6 is 0 Å². The lowest BCUT2D eigenvalue weighted by molar-refractivity contribution is -0.120. The molecule has 148 valence electrons. The number of aliphatic hydroxyl groups is 1. The number of H-pyrrole nitrogens is 1. The third-order valence-corrected chi connectivity index (χ3v) is 5.60. The molecular weight excluding hydrogens is 370 g/mol. The molecule has 0 bridgehead atoms. The Morgan fingerprint density at radius 2 is 1.69 bits per heavy atom. The van der Waals surface area contributed by atoms with E-state index in [1.54, 1.807) is 17.3 Å². The Morgan fingerprint density at radius 1 is 0.966 bits per heavy atom. The molecule has 3 aromatic rings. The van der Waals surface area contributed by atoms with Gasteiger partial charge in [-0.05, 0) is 37.8 Å². The second-order valence-electron chi connectivity index (χ2n) is 7.34. The molecule has 1 fully saturated rings. The van der Waals surface area contributed by atoms with Gasteiger partial charge in [-0.25, -0.2) is 15.0 Å². The summed E-state index contributed by atoms with van der Waals surface area (Å²) in [6.45, 7) is 0. The molecule has 5 rings (SSSR count). The van der Waals surface area contributed by atoms with Gasteiger partial charge in [-0.1, -0.05) is 18.2 Å². The van der Waals surface area contributed by atoms with E-state index in [-0.39, 0.29) is 18.1 Å². The topological polar surface area (TPSA) is 111 Å². The largest absolute Gasteiger partial charge is 0.393 e. The van der Waals surface area contributed by atoms with Gasteiger partial charge in [0.05, 0.1) is 11.8 Å². The lowest BCUT2D eigenvalue weighted by Gasteiger charge is -2.45. The number of hydrogen-bond acceptors (Lipinski definition) is 7. The van der Waals surface area contributed by atoms with Crippen molar-refractivity contribution in [3.63, 3.8) is 0 Å². The van der Waals surface area contributed by atoms with Crippen molar-refractivity contribution in [3.8, 4) is 0 Å². The first-order valence-corrected chi connectivity index (χ1v) is 9.76. The molecule has 2 aliphatic rings. The molecule has 0 saturated heterocycles. The van der Waals surface area contributed by atoms with Crippen LogP contribution in [0.4, 0.5) is 17.3 Å². The molecule has 1 atom stereocenters. The van der Waals surface area contributed by atoms with Gasteiger partial charge in [-0.3, -0.25) is 14.8 Å². The zero-order chi connectivity index (χ0) is 19.8. The first kappa shape index (κ1) is 17.7. The summed E-state index contributed by atoms with van der Waals surface area (Å²) in [6, 6.07) is 8.74. The molecule has 0 spiro atoms. The number of aromatic nitrogens is 5. The van der Waals surface area contributed by atoms with E-state index in [1.165, 1.54) is 6.33 Å². The lowest BCUT2D eigenvalue weighted by atomic mass is 9.90. The first-order valence-electron chi connectivity index (χ1n) is 9.76. The van der Waals surface area contributed by atoms with Crippen molar-refractivity contribution < 1.29 is 9.90 Å². The number of carbonyl (C=O) groups is 1. The van der Waals surface area contributed by atoms with Crippen molar-refractivity contribution in [2.75, 3.05) is 9.80 Å². The van der Waals surface area contributed by atoms with E-state index >= 15 is 0 Å². The average Bonchev–Trinajstić information content (AvgIpc) is 3.29. The van der Waals surface area contributed by atoms with E-state index < -0.39 is 6.04 Å². The maximum atomic E-state index is 13.8. The van der Waals surface area contributed by atoms with Crippen molar-refractivity contribution in [2.24, 2.45) is 0 Å². The number of para-hydroxylation sites is 1. The Bertz CT molecular complexity index is 987. The van der Waals surface area contributed by atoms with Gasteiger partial charge in [0.25, 0.3) is 5.91 Å². The van der Waals surface area contributed by atoms with Crippen LogP contribution < -0.4 is 9.80 Å². The molecule has 9 heteroatoms. The van der Waals surface area contributed by atoms with E-state index in [0.717, 1.165) is 18.5 Å². The standard InChI is InChI=1S/C20H21N7O2/c28-15-8-6-14(7-9-15)26-16(17-23-12-24-25-17)20(29)27(13-4-2-1-3-5-13)19-18(26)21-10-11-22-19/h1-5,10-12,14-16,28H,6-9H2,(H,23,24,25)/t14-,15-,16?. The Kier molecular flexibility index (Phi) is 4.44. The van der Waals surface area contributed by atoms with Gasteiger partial charge >= 0.3 is 0 Å². The Balaban J connectivity index is 1.67. The smallest absolute Gasteiger partial charge is 0.263 e. The average molecular weight is 391 g/mol. The fourth-order valence-corrected chi connectivity index (χ4v) is 4.26. The third kappa shape index (κ3) is 3.03. The van der Waals surface area contributed by atoms with Crippen molar-refractivity contribution in [1.82, 2.24) is 25.1 Å². The number of carbonyl (C=O) groups excluding carboxylic acids is 1. The summed E-state index contributed by atoms with van der Waals surface area (Å²) in [7, 11) is 0. The molecular formula is C20H21N7O2. The highest BCUT2D eigenvalue weighted by atomic mass is 16.3. The van der Waals surface area contributed by atoms with Crippen LogP contribution in [0.2, 0.25) is 0 Å². The fourth-order valence-electron chi connectivity index (χ4n) is 4.26. The zero-order valence-corrected chi connectivity index (χ0v) is 15.7. The predicted octanol–water partition coefficient (Wildman–Crippen LogP) is 2.12. The number of amides is 1. The summed E-state index contributed by atoms with van der Waals surface area (Å²) in [5.41, 5.74) is 0.721. The summed E-state index contributed by atoms with van der Waals surface area (Å²) in [6.07, 6.45) is 7.31. The number of aromatic amines is 1. The highest BCUT2D eigenvalue weighted by Gasteiger charge is 2.46. The Morgan fingerprint density at radius 3 is 2.38 bits per heavy atom. The maximum Gasteiger partial charge on any atom is 0.263 e. The van der Waals surface area contributed by atoms with E-state index in [0.29, 0.717) is 30.3 Å². The van der Waals surface area contributed by atoms with Crippen LogP contribution in [-0.4, -0.2) is 48.3 Å². The summed E-state index contributed by atoms with van der Waals surface area (Å²) < 4.78 is 0. The van der Waals surface area contributed by atoms with Crippen molar-refractivity contribution in [2.45, 2.75) is 43.9 Å². The number of aliphatic hydroxyl groups excluding tert-OH is 1. The molecule has 1 aromatic carbocycles. The normalized spacial score (nSPS) is 24.4. The van der Waals surface area contributed by atoms with Crippen LogP contribution in [-0.2, 0) is 4.79 Å². The highest BCUT2D eigenvalue weighted by Crippen LogP contribution is 2.44. The van der Waals surface area contributed by atoms with Gasteiger partial charge in [0.15, 0.2) is 23.5 Å². The minimum atomic E-state index is -0.717. The number of nitrogens with zero attached hydrogens (tertiary/aromatic N) is 6. The second-order valence-corrected chi connectivity index (χ2v) is 7.34. The molecule has 1 saturated carbocycles. The fraction of sp³-hybridized carbons (Fsp3) is 0.350. The summed E-state index contributed by atoms with van der Waals surface area (Å²) in [5.74, 6) is 1.36. The van der Waals surface area contributed by atoms with Gasteiger partial charge in [0.2, 0.25) is 0 Å². The molecule has 9 nitrogen and oxygen atoms in total. The number of benzene rings is 1. The Labute approximate surface area is 167 Å². The summed E-state index contributed by atoms with van der Waals surface area (Å²) >= 11 is 0. The summed E-state index contributed by atoms with van der Waals surface area (Å²) in [5, 5.41) is 16.9. The van der Waals surface area contributed by atoms with Crippen molar-refractivity contribution >= 4 is 23.2 Å². The van der Waals surface area contributed by atoms with Crippen LogP contribution in [0.15, 0.2) is 49.1 Å². The van der Waals surface area contributed by atoms with Crippen LogP contribution in [0, 0.1) is 0 Å². The number of nitrogens with one attached hydrogen (secondary N) is 1. The molecule has 3 heterocycles. The SMILES string of the molecule is O=C1C(c2nc[nH]n2)N([C@H]2CC[C@H](O)CC2)c2nccnc2N1c1ccccc1. The highest BCUT2D eigenvalue weighted by molar-refractivity contribution is 6.09. The van der Waals surface area contributed by atoms with Crippen molar-refractivity contribution in [1.29, 1.82) is 0 Å². The molecule has 2 N–H and O–H groups in total. The van der Waals surface area contributed by atoms with E-state index in [1.807, 2.05) is 35.2 Å². The molecule has 2 aromatic heterocycles. The number of hydrogen-bond donors (Lipinski definition) is 2.